The first-order valence-electron chi connectivity index (χ1n) is 5.23. The molecule has 0 aliphatic carbocycles. The molecule has 0 aliphatic rings. The molecule has 0 atom stereocenters. The molecule has 5 heteroatoms. The van der Waals surface area contributed by atoms with Crippen molar-refractivity contribution in [1.82, 2.24) is 9.97 Å². The molecule has 1 aromatic heterocycles. The van der Waals surface area contributed by atoms with Crippen molar-refractivity contribution >= 4 is 0 Å². The normalized spacial score (nSPS) is 10.6. The van der Waals surface area contributed by atoms with Crippen molar-refractivity contribution < 1.29 is 14.6 Å². The Kier molecular flexibility index (Phi) is 4.49. The van der Waals surface area contributed by atoms with E-state index in [0.29, 0.717) is 23.9 Å². The fourth-order valence-corrected chi connectivity index (χ4v) is 1.41. The van der Waals surface area contributed by atoms with Gasteiger partial charge in [-0.25, -0.2) is 9.97 Å². The van der Waals surface area contributed by atoms with E-state index >= 15 is 0 Å². The molecule has 5 nitrogen and oxygen atoms in total. The van der Waals surface area contributed by atoms with E-state index in [1.165, 1.54) is 0 Å². The van der Waals surface area contributed by atoms with Crippen molar-refractivity contribution in [3.63, 3.8) is 0 Å². The van der Waals surface area contributed by atoms with Crippen LogP contribution in [0.25, 0.3) is 0 Å². The van der Waals surface area contributed by atoms with Crippen LogP contribution in [0.1, 0.15) is 31.2 Å². The fraction of sp³-hybridized carbons (Fsp3) is 0.636. The van der Waals surface area contributed by atoms with Crippen LogP contribution in [-0.4, -0.2) is 35.9 Å². The predicted molar refractivity (Wildman–Crippen MR) is 60.0 cm³/mol. The summed E-state index contributed by atoms with van der Waals surface area (Å²) in [4.78, 5) is 8.66. The number of rotatable bonds is 5. The minimum Gasteiger partial charge on any atom is -0.480 e. The van der Waals surface area contributed by atoms with Gasteiger partial charge < -0.3 is 14.6 Å². The Hall–Kier alpha value is -1.36. The van der Waals surface area contributed by atoms with Crippen molar-refractivity contribution in [3.05, 3.63) is 11.4 Å². The number of ether oxygens (including phenoxy) is 2. The zero-order valence-electron chi connectivity index (χ0n) is 10.1. The van der Waals surface area contributed by atoms with Gasteiger partial charge in [0.1, 0.15) is 11.4 Å². The lowest BCUT2D eigenvalue weighted by Gasteiger charge is -2.13. The van der Waals surface area contributed by atoms with Crippen molar-refractivity contribution in [2.24, 2.45) is 0 Å². The van der Waals surface area contributed by atoms with Crippen LogP contribution < -0.4 is 9.47 Å². The Morgan fingerprint density at radius 1 is 1.12 bits per heavy atom. The number of aliphatic hydroxyl groups is 1. The molecule has 16 heavy (non-hydrogen) atoms. The monoisotopic (exact) mass is 226 g/mol. The molecular weight excluding hydrogens is 208 g/mol. The molecule has 0 fully saturated rings. The summed E-state index contributed by atoms with van der Waals surface area (Å²) < 4.78 is 10.3. The van der Waals surface area contributed by atoms with E-state index in [4.69, 9.17) is 14.6 Å². The molecule has 1 N–H and O–H groups in total. The quantitative estimate of drug-likeness (QED) is 0.816. The molecule has 0 aromatic carbocycles. The third-order valence-electron chi connectivity index (χ3n) is 2.21. The summed E-state index contributed by atoms with van der Waals surface area (Å²) in [7, 11) is 3.10. The van der Waals surface area contributed by atoms with Crippen LogP contribution >= 0.6 is 0 Å². The first-order valence-corrected chi connectivity index (χ1v) is 5.23. The number of hydrogen-bond acceptors (Lipinski definition) is 5. The second kappa shape index (κ2) is 5.65. The molecule has 0 bridgehead atoms. The highest BCUT2D eigenvalue weighted by molar-refractivity contribution is 5.30. The van der Waals surface area contributed by atoms with Crippen molar-refractivity contribution in [1.29, 1.82) is 0 Å². The molecule has 1 heterocycles. The molecule has 1 aromatic rings. The van der Waals surface area contributed by atoms with Crippen LogP contribution in [0.2, 0.25) is 0 Å². The molecule has 0 saturated carbocycles. The SMILES string of the molecule is COc1nc(C(C)C)c(OC)nc1CCO. The number of aliphatic hydroxyl groups excluding tert-OH is 1. The number of methoxy groups -OCH3 is 2. The Morgan fingerprint density at radius 2 is 1.75 bits per heavy atom. The zero-order valence-corrected chi connectivity index (χ0v) is 10.1. The Bertz CT molecular complexity index is 353. The standard InChI is InChI=1S/C11H18N2O3/c1-7(2)9-11(16-4)12-8(5-6-14)10(13-9)15-3/h7,14H,5-6H2,1-4H3. The maximum atomic E-state index is 8.92. The van der Waals surface area contributed by atoms with E-state index < -0.39 is 0 Å². The first-order chi connectivity index (χ1) is 7.63. The number of hydrogen-bond donors (Lipinski definition) is 1. The lowest BCUT2D eigenvalue weighted by Crippen LogP contribution is -2.08. The van der Waals surface area contributed by atoms with Gasteiger partial charge in [-0.3, -0.25) is 0 Å². The largest absolute Gasteiger partial charge is 0.480 e. The highest BCUT2D eigenvalue weighted by Crippen LogP contribution is 2.26. The van der Waals surface area contributed by atoms with Gasteiger partial charge in [0.05, 0.1) is 14.2 Å². The van der Waals surface area contributed by atoms with Crippen molar-refractivity contribution in [3.8, 4) is 11.8 Å². The van der Waals surface area contributed by atoms with Gasteiger partial charge in [0.2, 0.25) is 11.8 Å². The molecule has 0 aliphatic heterocycles. The van der Waals surface area contributed by atoms with Gasteiger partial charge in [-0.15, -0.1) is 0 Å². The zero-order chi connectivity index (χ0) is 12.1. The van der Waals surface area contributed by atoms with E-state index in [2.05, 4.69) is 9.97 Å². The molecule has 0 spiro atoms. The van der Waals surface area contributed by atoms with E-state index in [1.54, 1.807) is 14.2 Å². The smallest absolute Gasteiger partial charge is 0.236 e. The van der Waals surface area contributed by atoms with Crippen molar-refractivity contribution in [2.45, 2.75) is 26.2 Å². The highest BCUT2D eigenvalue weighted by atomic mass is 16.5. The highest BCUT2D eigenvalue weighted by Gasteiger charge is 2.16. The second-order valence-corrected chi connectivity index (χ2v) is 3.70. The summed E-state index contributed by atoms with van der Waals surface area (Å²) in [6, 6.07) is 0. The molecule has 0 unspecified atom stereocenters. The second-order valence-electron chi connectivity index (χ2n) is 3.70. The maximum Gasteiger partial charge on any atom is 0.236 e. The van der Waals surface area contributed by atoms with E-state index in [1.807, 2.05) is 13.8 Å². The van der Waals surface area contributed by atoms with Gasteiger partial charge in [0.25, 0.3) is 0 Å². The lowest BCUT2D eigenvalue weighted by atomic mass is 10.1. The van der Waals surface area contributed by atoms with Gasteiger partial charge in [-0.05, 0) is 0 Å². The Morgan fingerprint density at radius 3 is 2.19 bits per heavy atom. The summed E-state index contributed by atoms with van der Waals surface area (Å²) in [5, 5.41) is 8.92. The van der Waals surface area contributed by atoms with Crippen LogP contribution in [0.5, 0.6) is 11.8 Å². The topological polar surface area (TPSA) is 64.5 Å². The Balaban J connectivity index is 3.22. The lowest BCUT2D eigenvalue weighted by molar-refractivity contribution is 0.291. The van der Waals surface area contributed by atoms with E-state index in [9.17, 15) is 0 Å². The predicted octanol–water partition coefficient (Wildman–Crippen LogP) is 1.15. The molecule has 0 saturated heterocycles. The van der Waals surface area contributed by atoms with Gasteiger partial charge in [-0.1, -0.05) is 13.8 Å². The Labute approximate surface area is 95.4 Å². The van der Waals surface area contributed by atoms with Crippen LogP contribution in [0.15, 0.2) is 0 Å². The molecule has 0 radical (unpaired) electrons. The van der Waals surface area contributed by atoms with E-state index in [0.717, 1.165) is 5.69 Å². The minimum atomic E-state index is 0.00915. The summed E-state index contributed by atoms with van der Waals surface area (Å²) >= 11 is 0. The summed E-state index contributed by atoms with van der Waals surface area (Å²) in [6.07, 6.45) is 0.408. The maximum absolute atomic E-state index is 8.92. The van der Waals surface area contributed by atoms with E-state index in [-0.39, 0.29) is 12.5 Å². The number of aromatic nitrogens is 2. The summed E-state index contributed by atoms with van der Waals surface area (Å²) in [5.74, 6) is 1.16. The third-order valence-corrected chi connectivity index (χ3v) is 2.21. The molecule has 1 rings (SSSR count). The summed E-state index contributed by atoms with van der Waals surface area (Å²) in [6.45, 7) is 4.03. The molecule has 0 amide bonds. The van der Waals surface area contributed by atoms with Crippen LogP contribution in [-0.2, 0) is 6.42 Å². The van der Waals surface area contributed by atoms with Crippen molar-refractivity contribution in [2.75, 3.05) is 20.8 Å². The molecular formula is C11H18N2O3. The average molecular weight is 226 g/mol. The number of nitrogens with zero attached hydrogens (tertiary/aromatic N) is 2. The van der Waals surface area contributed by atoms with Gasteiger partial charge in [-0.2, -0.15) is 0 Å². The molecule has 90 valence electrons. The van der Waals surface area contributed by atoms with Gasteiger partial charge in [0.15, 0.2) is 0 Å². The van der Waals surface area contributed by atoms with Crippen LogP contribution in [0.3, 0.4) is 0 Å². The fourth-order valence-electron chi connectivity index (χ4n) is 1.41. The third kappa shape index (κ3) is 2.61. The van der Waals surface area contributed by atoms with Gasteiger partial charge >= 0.3 is 0 Å². The summed E-state index contributed by atoms with van der Waals surface area (Å²) in [5.41, 5.74) is 1.38. The van der Waals surface area contributed by atoms with Gasteiger partial charge in [0, 0.05) is 18.9 Å². The average Bonchev–Trinajstić information content (AvgIpc) is 2.28. The first kappa shape index (κ1) is 12.7. The minimum absolute atomic E-state index is 0.00915. The van der Waals surface area contributed by atoms with Crippen LogP contribution in [0.4, 0.5) is 0 Å². The van der Waals surface area contributed by atoms with Crippen LogP contribution in [0, 0.1) is 0 Å².